The van der Waals surface area contributed by atoms with E-state index in [1.54, 1.807) is 11.0 Å². The van der Waals surface area contributed by atoms with E-state index in [0.29, 0.717) is 23.7 Å². The van der Waals surface area contributed by atoms with Crippen LogP contribution in [0.2, 0.25) is 0 Å². The lowest BCUT2D eigenvalue weighted by Crippen LogP contribution is -2.44. The summed E-state index contributed by atoms with van der Waals surface area (Å²) in [6.45, 7) is 13.8. The predicted octanol–water partition coefficient (Wildman–Crippen LogP) is 3.79. The van der Waals surface area contributed by atoms with Gasteiger partial charge in [0.1, 0.15) is 12.1 Å². The monoisotopic (exact) mass is 558 g/mol. The average Bonchev–Trinajstić information content (AvgIpc) is 3.20. The van der Waals surface area contributed by atoms with E-state index in [-0.39, 0.29) is 5.95 Å². The molecule has 41 heavy (non-hydrogen) atoms. The van der Waals surface area contributed by atoms with Crippen LogP contribution in [0.5, 0.6) is 0 Å². The van der Waals surface area contributed by atoms with Crippen LogP contribution >= 0.6 is 0 Å². The summed E-state index contributed by atoms with van der Waals surface area (Å²) in [4.78, 5) is 20.6. The molecule has 11 nitrogen and oxygen atoms in total. The highest BCUT2D eigenvalue weighted by Crippen LogP contribution is 2.35. The highest BCUT2D eigenvalue weighted by molar-refractivity contribution is 5.55. The van der Waals surface area contributed by atoms with E-state index in [9.17, 15) is 0 Å². The predicted molar refractivity (Wildman–Crippen MR) is 162 cm³/mol. The molecule has 2 saturated heterocycles. The van der Waals surface area contributed by atoms with Crippen LogP contribution in [0.25, 0.3) is 5.82 Å². The Morgan fingerprint density at radius 3 is 2.46 bits per heavy atom. The van der Waals surface area contributed by atoms with Gasteiger partial charge < -0.3 is 25.6 Å². The van der Waals surface area contributed by atoms with Gasteiger partial charge in [0.25, 0.3) is 0 Å². The van der Waals surface area contributed by atoms with Gasteiger partial charge in [0, 0.05) is 62.8 Å². The molecule has 0 amide bonds. The number of benzene rings is 1. The topological polar surface area (TPSA) is 113 Å². The van der Waals surface area contributed by atoms with Crippen molar-refractivity contribution < 1.29 is 4.74 Å². The maximum absolute atomic E-state index is 6.27. The molecule has 0 radical (unpaired) electrons. The number of allylic oxidation sites excluding steroid dienone is 1. The molecule has 3 N–H and O–H groups in total. The van der Waals surface area contributed by atoms with Crippen LogP contribution in [0.1, 0.15) is 50.5 Å². The molecule has 2 aromatic heterocycles. The van der Waals surface area contributed by atoms with Crippen LogP contribution < -0.4 is 16.0 Å². The van der Waals surface area contributed by atoms with Crippen molar-refractivity contribution in [3.05, 3.63) is 54.5 Å². The molecule has 11 heteroatoms. The fourth-order valence-corrected chi connectivity index (χ4v) is 6.38. The molecule has 1 aliphatic carbocycles. The molecule has 3 aromatic rings. The lowest BCUT2D eigenvalue weighted by molar-refractivity contribution is 0.00730. The number of nitrogen functional groups attached to an aromatic ring is 1. The van der Waals surface area contributed by atoms with Crippen LogP contribution in [0.4, 0.5) is 23.4 Å². The van der Waals surface area contributed by atoms with Crippen molar-refractivity contribution >= 4 is 23.4 Å². The second-order valence-electron chi connectivity index (χ2n) is 11.4. The van der Waals surface area contributed by atoms with Crippen LogP contribution in [-0.4, -0.2) is 93.1 Å². The normalized spacial score (nSPS) is 22.4. The van der Waals surface area contributed by atoms with Gasteiger partial charge in [0.2, 0.25) is 11.9 Å². The maximum atomic E-state index is 6.27. The average molecular weight is 559 g/mol. The number of rotatable bonds is 7. The summed E-state index contributed by atoms with van der Waals surface area (Å²) in [7, 11) is 0. The zero-order chi connectivity index (χ0) is 28.2. The van der Waals surface area contributed by atoms with Crippen molar-refractivity contribution in [1.29, 1.82) is 0 Å². The van der Waals surface area contributed by atoms with Gasteiger partial charge in [-0.25, -0.2) is 9.97 Å². The van der Waals surface area contributed by atoms with Crippen LogP contribution in [0.15, 0.2) is 48.9 Å². The zero-order valence-electron chi connectivity index (χ0n) is 24.1. The third kappa shape index (κ3) is 6.46. The number of nitrogens with two attached hydrogens (primary N) is 1. The largest absolute Gasteiger partial charge is 0.379 e. The Bertz CT molecular complexity index is 1310. The second-order valence-corrected chi connectivity index (χ2v) is 11.4. The maximum Gasteiger partial charge on any atom is 0.248 e. The van der Waals surface area contributed by atoms with Crippen molar-refractivity contribution in [3.8, 4) is 5.82 Å². The van der Waals surface area contributed by atoms with Gasteiger partial charge in [0.05, 0.1) is 13.2 Å². The molecule has 2 aliphatic heterocycles. The van der Waals surface area contributed by atoms with E-state index in [1.165, 1.54) is 31.2 Å². The first-order valence-electron chi connectivity index (χ1n) is 14.9. The summed E-state index contributed by atoms with van der Waals surface area (Å²) in [5, 5.41) is 7.92. The Labute approximate surface area is 242 Å². The van der Waals surface area contributed by atoms with E-state index < -0.39 is 0 Å². The van der Waals surface area contributed by atoms with E-state index in [2.05, 4.69) is 77.8 Å². The number of morpholine rings is 1. The Balaban J connectivity index is 1.07. The first-order valence-corrected chi connectivity index (χ1v) is 14.9. The molecule has 3 aliphatic rings. The summed E-state index contributed by atoms with van der Waals surface area (Å²) in [5.74, 6) is 2.78. The first-order chi connectivity index (χ1) is 20.0. The zero-order valence-corrected chi connectivity index (χ0v) is 24.1. The fourth-order valence-electron chi connectivity index (χ4n) is 6.38. The standard InChI is InChI=1S/C30H42N10O/c1-22(2)37-12-3-13-39(15-14-37)27-20-28(33-21-32-27)40-29(31)35-30(36-40)34-25-8-4-23(5-9-25)24-6-10-26(11-7-24)38-16-18-41-19-17-38/h4-5,8-9,20-21,24,26H,1,3,6-7,10-19H2,2H3,(H3,31,34,35,36)/t24-,26-. The molecule has 0 unspecified atom stereocenters. The molecule has 0 atom stereocenters. The van der Waals surface area contributed by atoms with Crippen LogP contribution in [0.3, 0.4) is 0 Å². The summed E-state index contributed by atoms with van der Waals surface area (Å²) in [6, 6.07) is 11.3. The molecule has 4 heterocycles. The van der Waals surface area contributed by atoms with E-state index in [4.69, 9.17) is 10.5 Å². The van der Waals surface area contributed by atoms with Crippen molar-refractivity contribution in [3.63, 3.8) is 0 Å². The van der Waals surface area contributed by atoms with Gasteiger partial charge in [-0.3, -0.25) is 4.90 Å². The molecule has 1 aromatic carbocycles. The molecule has 218 valence electrons. The molecule has 3 fully saturated rings. The summed E-state index contributed by atoms with van der Waals surface area (Å²) in [6.07, 6.45) is 7.61. The highest BCUT2D eigenvalue weighted by Gasteiger charge is 2.27. The minimum absolute atomic E-state index is 0.273. The van der Waals surface area contributed by atoms with Gasteiger partial charge >= 0.3 is 0 Å². The lowest BCUT2D eigenvalue weighted by atomic mass is 9.81. The van der Waals surface area contributed by atoms with Crippen molar-refractivity contribution in [2.75, 3.05) is 68.4 Å². The van der Waals surface area contributed by atoms with Crippen molar-refractivity contribution in [2.45, 2.75) is 51.0 Å². The second kappa shape index (κ2) is 12.4. The molecule has 1 saturated carbocycles. The van der Waals surface area contributed by atoms with Crippen LogP contribution in [-0.2, 0) is 4.74 Å². The Hall–Kier alpha value is -3.70. The van der Waals surface area contributed by atoms with Gasteiger partial charge in [0.15, 0.2) is 5.82 Å². The van der Waals surface area contributed by atoms with E-state index >= 15 is 0 Å². The lowest BCUT2D eigenvalue weighted by Gasteiger charge is -2.38. The van der Waals surface area contributed by atoms with Gasteiger partial charge in [-0.05, 0) is 62.6 Å². The quantitative estimate of drug-likeness (QED) is 0.444. The Kier molecular flexibility index (Phi) is 8.33. The highest BCUT2D eigenvalue weighted by atomic mass is 16.5. The van der Waals surface area contributed by atoms with Gasteiger partial charge in [-0.1, -0.05) is 18.7 Å². The Morgan fingerprint density at radius 1 is 0.951 bits per heavy atom. The number of hydrogen-bond acceptors (Lipinski definition) is 10. The van der Waals surface area contributed by atoms with Gasteiger partial charge in [-0.15, -0.1) is 5.10 Å². The third-order valence-corrected chi connectivity index (χ3v) is 8.74. The molecule has 6 rings (SSSR count). The summed E-state index contributed by atoms with van der Waals surface area (Å²) >= 11 is 0. The minimum atomic E-state index is 0.273. The Morgan fingerprint density at radius 2 is 1.71 bits per heavy atom. The molecular weight excluding hydrogens is 516 g/mol. The fraction of sp³-hybridized carbons (Fsp3) is 0.533. The molecule has 0 spiro atoms. The van der Waals surface area contributed by atoms with Crippen LogP contribution in [0, 0.1) is 0 Å². The van der Waals surface area contributed by atoms with E-state index in [1.807, 2.05) is 6.07 Å². The molecular formula is C30H42N10O. The first kappa shape index (κ1) is 27.5. The summed E-state index contributed by atoms with van der Waals surface area (Å²) < 4.78 is 7.09. The van der Waals surface area contributed by atoms with Crippen molar-refractivity contribution in [1.82, 2.24) is 34.5 Å². The van der Waals surface area contributed by atoms with Crippen molar-refractivity contribution in [2.24, 2.45) is 0 Å². The third-order valence-electron chi connectivity index (χ3n) is 8.74. The minimum Gasteiger partial charge on any atom is -0.379 e. The van der Waals surface area contributed by atoms with E-state index in [0.717, 1.165) is 76.1 Å². The van der Waals surface area contributed by atoms with Gasteiger partial charge in [-0.2, -0.15) is 9.67 Å². The summed E-state index contributed by atoms with van der Waals surface area (Å²) in [5.41, 5.74) is 9.71. The number of anilines is 4. The number of nitrogens with zero attached hydrogens (tertiary/aromatic N) is 8. The molecule has 0 bridgehead atoms. The number of aromatic nitrogens is 5. The number of ether oxygens (including phenoxy) is 1. The SMILES string of the molecule is C=C(C)N1CCCN(c2cc(-n3nc(Nc4ccc([C@H]5CC[C@H](N6CCOCC6)CC5)cc4)nc3N)ncn2)CC1. The number of nitrogens with one attached hydrogen (secondary N) is 1. The smallest absolute Gasteiger partial charge is 0.248 e. The number of hydrogen-bond donors (Lipinski definition) is 2.